The lowest BCUT2D eigenvalue weighted by Crippen LogP contribution is -2.53. The monoisotopic (exact) mass is 451 g/mol. The van der Waals surface area contributed by atoms with Crippen molar-refractivity contribution in [3.63, 3.8) is 0 Å². The molecule has 1 aromatic heterocycles. The Morgan fingerprint density at radius 3 is 2.43 bits per heavy atom. The van der Waals surface area contributed by atoms with Gasteiger partial charge in [0.25, 0.3) is 0 Å². The van der Waals surface area contributed by atoms with Gasteiger partial charge < -0.3 is 10.0 Å². The zero-order valence-electron chi connectivity index (χ0n) is 16.6. The van der Waals surface area contributed by atoms with E-state index in [4.69, 9.17) is 9.90 Å². The molecule has 2 aliphatic rings. The number of aryl methyl sites for hydroxylation is 1. The predicted molar refractivity (Wildman–Crippen MR) is 101 cm³/mol. The SMILES string of the molecule is CCS(=O)(=O)N1CC[C@@H]2[C@H]1CCC(=O)N2Cc1cccc(C)n1.O=C(O)C(F)(F)F. The topological polar surface area (TPSA) is 108 Å². The molecular weight excluding hydrogens is 427 g/mol. The van der Waals surface area contributed by atoms with Crippen LogP contribution in [-0.4, -0.2) is 70.1 Å². The van der Waals surface area contributed by atoms with Crippen LogP contribution >= 0.6 is 0 Å². The number of amides is 1. The van der Waals surface area contributed by atoms with Crippen LogP contribution < -0.4 is 0 Å². The molecule has 2 aliphatic heterocycles. The number of piperidine rings is 1. The van der Waals surface area contributed by atoms with Crippen LogP contribution in [0.3, 0.4) is 0 Å². The lowest BCUT2D eigenvalue weighted by atomic mass is 9.96. The third kappa shape index (κ3) is 5.69. The van der Waals surface area contributed by atoms with E-state index in [2.05, 4.69) is 4.98 Å². The molecule has 0 spiro atoms. The van der Waals surface area contributed by atoms with Gasteiger partial charge in [-0.25, -0.2) is 13.2 Å². The first-order valence-electron chi connectivity index (χ1n) is 9.38. The first kappa shape index (κ1) is 24.1. The second-order valence-corrected chi connectivity index (χ2v) is 9.28. The molecule has 2 fully saturated rings. The zero-order valence-corrected chi connectivity index (χ0v) is 17.4. The van der Waals surface area contributed by atoms with E-state index in [9.17, 15) is 26.4 Å². The molecule has 1 aromatic rings. The fourth-order valence-electron chi connectivity index (χ4n) is 3.69. The minimum absolute atomic E-state index is 0.0279. The maximum atomic E-state index is 12.4. The van der Waals surface area contributed by atoms with Gasteiger partial charge in [0.05, 0.1) is 18.0 Å². The number of likely N-dealkylation sites (tertiary alicyclic amines) is 1. The number of hydrogen-bond donors (Lipinski definition) is 1. The van der Waals surface area contributed by atoms with Gasteiger partial charge in [-0.2, -0.15) is 17.5 Å². The largest absolute Gasteiger partial charge is 0.490 e. The smallest absolute Gasteiger partial charge is 0.475 e. The highest BCUT2D eigenvalue weighted by atomic mass is 32.2. The highest BCUT2D eigenvalue weighted by molar-refractivity contribution is 7.89. The number of halogens is 3. The maximum Gasteiger partial charge on any atom is 0.490 e. The summed E-state index contributed by atoms with van der Waals surface area (Å²) < 4.78 is 57.9. The molecule has 0 radical (unpaired) electrons. The summed E-state index contributed by atoms with van der Waals surface area (Å²) in [5, 5.41) is 7.12. The predicted octanol–water partition coefficient (Wildman–Crippen LogP) is 1.94. The molecule has 0 bridgehead atoms. The van der Waals surface area contributed by atoms with E-state index >= 15 is 0 Å². The van der Waals surface area contributed by atoms with Crippen molar-refractivity contribution in [1.29, 1.82) is 0 Å². The van der Waals surface area contributed by atoms with Crippen LogP contribution in [0.15, 0.2) is 18.2 Å². The van der Waals surface area contributed by atoms with Crippen LogP contribution in [0.1, 0.15) is 37.6 Å². The first-order chi connectivity index (χ1) is 13.9. The summed E-state index contributed by atoms with van der Waals surface area (Å²) in [6, 6.07) is 5.67. The van der Waals surface area contributed by atoms with E-state index in [1.807, 2.05) is 30.0 Å². The number of aromatic nitrogens is 1. The Labute approximate surface area is 172 Å². The molecule has 0 aromatic carbocycles. The van der Waals surface area contributed by atoms with E-state index in [-0.39, 0.29) is 23.7 Å². The number of carbonyl (C=O) groups is 2. The van der Waals surface area contributed by atoms with Gasteiger partial charge >= 0.3 is 12.1 Å². The Bertz CT molecular complexity index is 891. The van der Waals surface area contributed by atoms with Crippen molar-refractivity contribution < 1.29 is 36.3 Å². The number of hydrogen-bond acceptors (Lipinski definition) is 5. The Morgan fingerprint density at radius 2 is 1.90 bits per heavy atom. The Kier molecular flexibility index (Phi) is 7.45. The van der Waals surface area contributed by atoms with E-state index in [0.717, 1.165) is 11.4 Å². The van der Waals surface area contributed by atoms with Crippen LogP contribution in [0.2, 0.25) is 0 Å². The molecule has 12 heteroatoms. The van der Waals surface area contributed by atoms with Crippen molar-refractivity contribution in [2.24, 2.45) is 0 Å². The number of fused-ring (bicyclic) bond motifs is 1. The molecule has 0 unspecified atom stereocenters. The zero-order chi connectivity index (χ0) is 22.7. The van der Waals surface area contributed by atoms with E-state index in [1.165, 1.54) is 0 Å². The molecule has 3 heterocycles. The van der Waals surface area contributed by atoms with E-state index in [0.29, 0.717) is 32.4 Å². The molecule has 0 saturated carbocycles. The normalized spacial score (nSPS) is 22.3. The fourth-order valence-corrected chi connectivity index (χ4v) is 5.06. The van der Waals surface area contributed by atoms with Gasteiger partial charge in [0, 0.05) is 30.7 Å². The van der Waals surface area contributed by atoms with Crippen LogP contribution in [0, 0.1) is 6.92 Å². The second kappa shape index (κ2) is 9.29. The number of sulfonamides is 1. The fraction of sp³-hybridized carbons (Fsp3) is 0.611. The van der Waals surface area contributed by atoms with E-state index < -0.39 is 22.2 Å². The number of carbonyl (C=O) groups excluding carboxylic acids is 1. The summed E-state index contributed by atoms with van der Waals surface area (Å²) in [6.45, 7) is 4.57. The van der Waals surface area contributed by atoms with E-state index in [1.54, 1.807) is 11.2 Å². The third-order valence-electron chi connectivity index (χ3n) is 5.08. The molecular formula is C18H24F3N3O5S. The van der Waals surface area contributed by atoms with Crippen LogP contribution in [0.4, 0.5) is 13.2 Å². The van der Waals surface area contributed by atoms with Gasteiger partial charge in [-0.15, -0.1) is 0 Å². The molecule has 30 heavy (non-hydrogen) atoms. The Balaban J connectivity index is 0.000000396. The van der Waals surface area contributed by atoms with Crippen molar-refractivity contribution in [2.45, 2.75) is 57.9 Å². The highest BCUT2D eigenvalue weighted by Gasteiger charge is 2.46. The summed E-state index contributed by atoms with van der Waals surface area (Å²) in [6.07, 6.45) is -3.34. The molecule has 168 valence electrons. The molecule has 1 N–H and O–H groups in total. The molecule has 8 nitrogen and oxygen atoms in total. The highest BCUT2D eigenvalue weighted by Crippen LogP contribution is 2.34. The van der Waals surface area contributed by atoms with Crippen molar-refractivity contribution in [1.82, 2.24) is 14.2 Å². The quantitative estimate of drug-likeness (QED) is 0.750. The number of aliphatic carboxylic acids is 1. The molecule has 0 aliphatic carbocycles. The summed E-state index contributed by atoms with van der Waals surface area (Å²) >= 11 is 0. The molecule has 2 atom stereocenters. The van der Waals surface area contributed by atoms with Gasteiger partial charge in [-0.3, -0.25) is 9.78 Å². The molecule has 2 saturated heterocycles. The van der Waals surface area contributed by atoms with Crippen molar-refractivity contribution >= 4 is 21.9 Å². The number of carboxylic acids is 1. The summed E-state index contributed by atoms with van der Waals surface area (Å²) in [7, 11) is -3.21. The minimum atomic E-state index is -5.08. The summed E-state index contributed by atoms with van der Waals surface area (Å²) in [5.41, 5.74) is 1.78. The van der Waals surface area contributed by atoms with Crippen LogP contribution in [0.5, 0.6) is 0 Å². The van der Waals surface area contributed by atoms with Crippen LogP contribution in [-0.2, 0) is 26.2 Å². The van der Waals surface area contributed by atoms with Gasteiger partial charge in [0.2, 0.25) is 15.9 Å². The number of carboxylic acid groups (broad SMARTS) is 1. The number of alkyl halides is 3. The average molecular weight is 451 g/mol. The second-order valence-electron chi connectivity index (χ2n) is 7.07. The van der Waals surface area contributed by atoms with Gasteiger partial charge in [0.1, 0.15) is 0 Å². The number of pyridine rings is 1. The standard InChI is InChI=1S/C16H23N3O3S.C2HF3O2/c1-3-23(21,22)19-10-9-14-15(19)7-8-16(20)18(14)11-13-6-4-5-12(2)17-13;3-2(4,5)1(6)7/h4-6,14-15H,3,7-11H2,1-2H3;(H,6,7)/t14-,15-;/m1./s1. The molecule has 3 rings (SSSR count). The lowest BCUT2D eigenvalue weighted by molar-refractivity contribution is -0.192. The third-order valence-corrected chi connectivity index (χ3v) is 6.97. The first-order valence-corrected chi connectivity index (χ1v) is 11.0. The Morgan fingerprint density at radius 1 is 1.27 bits per heavy atom. The van der Waals surface area contributed by atoms with Crippen molar-refractivity contribution in [3.8, 4) is 0 Å². The van der Waals surface area contributed by atoms with Crippen LogP contribution in [0.25, 0.3) is 0 Å². The Hall–Kier alpha value is -2.21. The minimum Gasteiger partial charge on any atom is -0.475 e. The van der Waals surface area contributed by atoms with Crippen molar-refractivity contribution in [2.75, 3.05) is 12.3 Å². The van der Waals surface area contributed by atoms with Crippen molar-refractivity contribution in [3.05, 3.63) is 29.6 Å². The summed E-state index contributed by atoms with van der Waals surface area (Å²) in [5.74, 6) is -2.54. The average Bonchev–Trinajstić information content (AvgIpc) is 3.09. The van der Waals surface area contributed by atoms with Gasteiger partial charge in [-0.1, -0.05) is 6.07 Å². The molecule has 1 amide bonds. The summed E-state index contributed by atoms with van der Waals surface area (Å²) in [4.78, 5) is 27.6. The number of rotatable bonds is 4. The van der Waals surface area contributed by atoms with Gasteiger partial charge in [-0.05, 0) is 38.8 Å². The lowest BCUT2D eigenvalue weighted by Gasteiger charge is -2.39. The van der Waals surface area contributed by atoms with Gasteiger partial charge in [0.15, 0.2) is 0 Å². The maximum absolute atomic E-state index is 12.4. The number of nitrogens with zero attached hydrogens (tertiary/aromatic N) is 3.